The fraction of sp³-hybridized carbons (Fsp3) is 0.294. The summed E-state index contributed by atoms with van der Waals surface area (Å²) < 4.78 is 68.4. The zero-order valence-corrected chi connectivity index (χ0v) is 18.9. The molecule has 2 aromatic rings. The normalized spacial score (nSPS) is 15.4. The summed E-state index contributed by atoms with van der Waals surface area (Å²) in [5.41, 5.74) is 0.781. The third-order valence-corrected chi connectivity index (χ3v) is 9.52. The summed E-state index contributed by atoms with van der Waals surface area (Å²) in [6.45, 7) is 1.95. The molecular formula is C17H16Br2O6S2. The molecule has 2 N–H and O–H groups in total. The third-order valence-electron chi connectivity index (χ3n) is 4.72. The molecule has 0 heterocycles. The van der Waals surface area contributed by atoms with E-state index in [2.05, 4.69) is 31.9 Å². The average Bonchev–Trinajstić information content (AvgIpc) is 2.83. The van der Waals surface area contributed by atoms with Crippen LogP contribution in [-0.2, 0) is 30.7 Å². The van der Waals surface area contributed by atoms with Crippen LogP contribution in [0.1, 0.15) is 36.5 Å². The largest absolute Gasteiger partial charge is 0.296 e. The zero-order chi connectivity index (χ0) is 20.2. The molecule has 10 heteroatoms. The van der Waals surface area contributed by atoms with Crippen LogP contribution in [-0.4, -0.2) is 25.9 Å². The van der Waals surface area contributed by atoms with Gasteiger partial charge in [0, 0.05) is 20.1 Å². The van der Waals surface area contributed by atoms with Crippen LogP contribution in [0.5, 0.6) is 0 Å². The Kier molecular flexibility index (Phi) is 5.37. The van der Waals surface area contributed by atoms with Gasteiger partial charge in [0.2, 0.25) is 0 Å². The summed E-state index contributed by atoms with van der Waals surface area (Å²) in [4.78, 5) is 0. The van der Waals surface area contributed by atoms with Gasteiger partial charge >= 0.3 is 0 Å². The highest BCUT2D eigenvalue weighted by Crippen LogP contribution is 2.57. The van der Waals surface area contributed by atoms with Crippen LogP contribution in [0.4, 0.5) is 0 Å². The van der Waals surface area contributed by atoms with Crippen LogP contribution in [0.3, 0.4) is 0 Å². The number of hydrogen-bond acceptors (Lipinski definition) is 4. The Morgan fingerprint density at radius 1 is 0.963 bits per heavy atom. The van der Waals surface area contributed by atoms with Crippen molar-refractivity contribution in [1.29, 1.82) is 0 Å². The van der Waals surface area contributed by atoms with E-state index < -0.39 is 24.3 Å². The van der Waals surface area contributed by atoms with Crippen molar-refractivity contribution in [3.63, 3.8) is 0 Å². The minimum Gasteiger partial charge on any atom is -0.284 e. The molecule has 0 spiro atoms. The molecule has 0 radical (unpaired) electrons. The summed E-state index contributed by atoms with van der Waals surface area (Å²) in [6, 6.07) is 7.79. The Morgan fingerprint density at radius 3 is 2.11 bits per heavy atom. The molecule has 0 fully saturated rings. The molecule has 2 aromatic carbocycles. The Balaban J connectivity index is 2.60. The van der Waals surface area contributed by atoms with Crippen molar-refractivity contribution in [3.8, 4) is 11.1 Å². The van der Waals surface area contributed by atoms with Crippen molar-refractivity contribution in [3.05, 3.63) is 56.0 Å². The van der Waals surface area contributed by atoms with Gasteiger partial charge in [0.15, 0.2) is 0 Å². The van der Waals surface area contributed by atoms with E-state index in [1.54, 1.807) is 24.3 Å². The minimum atomic E-state index is -5.31. The van der Waals surface area contributed by atoms with Gasteiger partial charge in [-0.3, -0.25) is 9.11 Å². The van der Waals surface area contributed by atoms with Crippen molar-refractivity contribution in [2.45, 2.75) is 30.3 Å². The number of benzene rings is 2. The van der Waals surface area contributed by atoms with Crippen molar-refractivity contribution >= 4 is 52.1 Å². The molecule has 6 nitrogen and oxygen atoms in total. The van der Waals surface area contributed by atoms with Crippen LogP contribution in [0.25, 0.3) is 11.1 Å². The first-order chi connectivity index (χ1) is 12.5. The predicted octanol–water partition coefficient (Wildman–Crippen LogP) is 4.51. The molecule has 1 aliphatic rings. The van der Waals surface area contributed by atoms with E-state index in [-0.39, 0.29) is 11.1 Å². The van der Waals surface area contributed by atoms with Gasteiger partial charge in [-0.2, -0.15) is 16.8 Å². The highest BCUT2D eigenvalue weighted by molar-refractivity contribution is 9.10. The quantitative estimate of drug-likeness (QED) is 0.541. The molecule has 0 bridgehead atoms. The van der Waals surface area contributed by atoms with Gasteiger partial charge < -0.3 is 0 Å². The molecule has 3 rings (SSSR count). The smallest absolute Gasteiger partial charge is 0.284 e. The molecule has 0 atom stereocenters. The van der Waals surface area contributed by atoms with Gasteiger partial charge in [-0.25, -0.2) is 0 Å². The summed E-state index contributed by atoms with van der Waals surface area (Å²) >= 11 is 6.57. The van der Waals surface area contributed by atoms with Crippen molar-refractivity contribution < 1.29 is 25.9 Å². The van der Waals surface area contributed by atoms with Crippen LogP contribution in [0.15, 0.2) is 39.3 Å². The fourth-order valence-corrected chi connectivity index (χ4v) is 7.48. The first-order valence-electron chi connectivity index (χ1n) is 8.03. The summed E-state index contributed by atoms with van der Waals surface area (Å²) in [7, 11) is -10.6. The van der Waals surface area contributed by atoms with E-state index in [0.717, 1.165) is 6.42 Å². The molecule has 0 saturated heterocycles. The summed E-state index contributed by atoms with van der Waals surface area (Å²) in [5.74, 6) is 0. The second kappa shape index (κ2) is 6.93. The molecular weight excluding hydrogens is 524 g/mol. The lowest BCUT2D eigenvalue weighted by molar-refractivity contribution is 0.438. The molecule has 0 aromatic heterocycles. The third kappa shape index (κ3) is 3.01. The Labute approximate surface area is 174 Å². The van der Waals surface area contributed by atoms with Crippen LogP contribution in [0, 0.1) is 0 Å². The van der Waals surface area contributed by atoms with E-state index in [9.17, 15) is 25.9 Å². The maximum Gasteiger partial charge on any atom is 0.296 e. The molecule has 1 aliphatic carbocycles. The Morgan fingerprint density at radius 2 is 1.56 bits per heavy atom. The number of unbranched alkanes of at least 4 members (excludes halogenated alkanes) is 1. The molecule has 0 unspecified atom stereocenters. The zero-order valence-electron chi connectivity index (χ0n) is 14.1. The predicted molar refractivity (Wildman–Crippen MR) is 110 cm³/mol. The van der Waals surface area contributed by atoms with Gasteiger partial charge in [0.1, 0.15) is 0 Å². The van der Waals surface area contributed by atoms with Gasteiger partial charge in [-0.1, -0.05) is 57.3 Å². The second-order valence-corrected chi connectivity index (χ2v) is 11.5. The Bertz CT molecular complexity index is 1110. The van der Waals surface area contributed by atoms with Gasteiger partial charge in [0.05, 0.1) is 0 Å². The lowest BCUT2D eigenvalue weighted by Crippen LogP contribution is -2.43. The van der Waals surface area contributed by atoms with Crippen molar-refractivity contribution in [1.82, 2.24) is 0 Å². The lowest BCUT2D eigenvalue weighted by Gasteiger charge is -2.27. The maximum atomic E-state index is 12.6. The lowest BCUT2D eigenvalue weighted by atomic mass is 9.97. The monoisotopic (exact) mass is 538 g/mol. The van der Waals surface area contributed by atoms with E-state index in [0.29, 0.717) is 38.5 Å². The van der Waals surface area contributed by atoms with E-state index >= 15 is 0 Å². The number of halogens is 2. The molecule has 27 heavy (non-hydrogen) atoms. The number of rotatable bonds is 5. The summed E-state index contributed by atoms with van der Waals surface area (Å²) in [5, 5.41) is 0. The number of fused-ring (bicyclic) bond motifs is 3. The topological polar surface area (TPSA) is 109 Å². The van der Waals surface area contributed by atoms with Gasteiger partial charge in [-0.15, -0.1) is 0 Å². The van der Waals surface area contributed by atoms with E-state index in [1.807, 2.05) is 6.92 Å². The first kappa shape index (κ1) is 20.9. The maximum absolute atomic E-state index is 12.6. The van der Waals surface area contributed by atoms with Crippen LogP contribution < -0.4 is 0 Å². The van der Waals surface area contributed by atoms with Gasteiger partial charge in [-0.05, 0) is 47.7 Å². The summed E-state index contributed by atoms with van der Waals surface area (Å²) in [6.07, 6.45) is 1.84. The van der Waals surface area contributed by atoms with Gasteiger partial charge in [0.25, 0.3) is 24.3 Å². The number of hydrogen-bond donors (Lipinski definition) is 2. The highest BCUT2D eigenvalue weighted by atomic mass is 79.9. The van der Waals surface area contributed by atoms with Crippen LogP contribution in [0.2, 0.25) is 0 Å². The first-order valence-corrected chi connectivity index (χ1v) is 12.5. The van der Waals surface area contributed by atoms with E-state index in [1.165, 1.54) is 6.07 Å². The molecule has 146 valence electrons. The minimum absolute atomic E-state index is 0.122. The fourth-order valence-electron chi connectivity index (χ4n) is 3.65. The van der Waals surface area contributed by atoms with Crippen molar-refractivity contribution in [2.24, 2.45) is 0 Å². The average molecular weight is 540 g/mol. The Hall–Kier alpha value is -0.780. The van der Waals surface area contributed by atoms with Crippen LogP contribution >= 0.6 is 31.9 Å². The van der Waals surface area contributed by atoms with E-state index in [4.69, 9.17) is 0 Å². The van der Waals surface area contributed by atoms with Crippen molar-refractivity contribution in [2.75, 3.05) is 0 Å². The second-order valence-electron chi connectivity index (χ2n) is 6.31. The molecule has 0 aliphatic heterocycles. The molecule has 0 saturated carbocycles. The molecule has 0 amide bonds. The SMILES string of the molecule is CCCCc1c(Br)ccc2c1C(S(=O)(=O)O)(S(=O)(=O)O)c1cc(Br)ccc1-2. The standard InChI is InChI=1S/C17H16Br2O6S2/c1-2-3-4-13-15(19)8-7-12-11-6-5-10(18)9-14(11)17(16(12)13,26(20,21)22)27(23,24)25/h5-9H,2-4H2,1H3,(H,20,21,22)(H,23,24,25). The highest BCUT2D eigenvalue weighted by Gasteiger charge is 2.63.